The molecule has 0 aliphatic carbocycles. The van der Waals surface area contributed by atoms with Crippen molar-refractivity contribution in [2.24, 2.45) is 5.92 Å². The first-order chi connectivity index (χ1) is 12.4. The molecule has 1 unspecified atom stereocenters. The molecule has 8 heteroatoms. The standard InChI is InChI=1S/C18H22N2O4S2/c1-2-13-5-3-9-20(12-13)18(22)15-8-7-14(11-16(15)21)19-26(23,24)17-6-4-10-25-17/h4,6-8,10-11,13,19,21H,2-3,5,9,12H2,1H3. The Hall–Kier alpha value is -2.06. The third-order valence-corrected chi connectivity index (χ3v) is 7.40. The van der Waals surface area contributed by atoms with Crippen LogP contribution in [0.5, 0.6) is 5.75 Å². The zero-order valence-corrected chi connectivity index (χ0v) is 16.1. The maximum absolute atomic E-state index is 12.7. The maximum Gasteiger partial charge on any atom is 0.271 e. The second-order valence-corrected chi connectivity index (χ2v) is 9.29. The van der Waals surface area contributed by atoms with Gasteiger partial charge in [-0.3, -0.25) is 9.52 Å². The molecule has 1 saturated heterocycles. The van der Waals surface area contributed by atoms with Gasteiger partial charge in [0.1, 0.15) is 9.96 Å². The predicted octanol–water partition coefficient (Wildman–Crippen LogP) is 3.52. The minimum Gasteiger partial charge on any atom is -0.507 e. The van der Waals surface area contributed by atoms with E-state index in [0.717, 1.165) is 30.6 Å². The third-order valence-electron chi connectivity index (χ3n) is 4.62. The molecule has 2 N–H and O–H groups in total. The Kier molecular flexibility index (Phi) is 5.52. The van der Waals surface area contributed by atoms with Crippen molar-refractivity contribution in [3.63, 3.8) is 0 Å². The number of carbonyl (C=O) groups is 1. The van der Waals surface area contributed by atoms with Crippen molar-refractivity contribution in [3.8, 4) is 5.75 Å². The van der Waals surface area contributed by atoms with Crippen LogP contribution in [0.3, 0.4) is 0 Å². The molecule has 140 valence electrons. The normalized spacial score (nSPS) is 17.9. The molecule has 1 atom stereocenters. The van der Waals surface area contributed by atoms with Crippen LogP contribution in [0, 0.1) is 5.92 Å². The highest BCUT2D eigenvalue weighted by molar-refractivity contribution is 7.94. The smallest absolute Gasteiger partial charge is 0.271 e. The highest BCUT2D eigenvalue weighted by Crippen LogP contribution is 2.28. The van der Waals surface area contributed by atoms with Gasteiger partial charge in [-0.2, -0.15) is 0 Å². The van der Waals surface area contributed by atoms with Gasteiger partial charge in [0.25, 0.3) is 15.9 Å². The Bertz CT molecular complexity index is 879. The average molecular weight is 395 g/mol. The van der Waals surface area contributed by atoms with Gasteiger partial charge in [0.05, 0.1) is 11.3 Å². The van der Waals surface area contributed by atoms with Crippen LogP contribution in [0.1, 0.15) is 36.5 Å². The van der Waals surface area contributed by atoms with E-state index < -0.39 is 10.0 Å². The zero-order valence-electron chi connectivity index (χ0n) is 14.5. The lowest BCUT2D eigenvalue weighted by atomic mass is 9.95. The molecule has 1 aliphatic heterocycles. The lowest BCUT2D eigenvalue weighted by Crippen LogP contribution is -2.39. The van der Waals surface area contributed by atoms with Crippen LogP contribution in [-0.2, 0) is 10.0 Å². The number of carbonyl (C=O) groups excluding carboxylic acids is 1. The molecule has 6 nitrogen and oxygen atoms in total. The molecule has 0 spiro atoms. The highest BCUT2D eigenvalue weighted by atomic mass is 32.2. The van der Waals surface area contributed by atoms with Crippen LogP contribution in [0.4, 0.5) is 5.69 Å². The molecule has 0 radical (unpaired) electrons. The minimum atomic E-state index is -3.69. The minimum absolute atomic E-state index is 0.191. The van der Waals surface area contributed by atoms with E-state index in [1.807, 2.05) is 0 Å². The number of nitrogens with one attached hydrogen (secondary N) is 1. The van der Waals surface area contributed by atoms with E-state index in [-0.39, 0.29) is 27.1 Å². The van der Waals surface area contributed by atoms with Crippen molar-refractivity contribution >= 4 is 33.0 Å². The maximum atomic E-state index is 12.7. The van der Waals surface area contributed by atoms with Gasteiger partial charge >= 0.3 is 0 Å². The van der Waals surface area contributed by atoms with Crippen molar-refractivity contribution in [1.82, 2.24) is 4.90 Å². The number of phenolic OH excluding ortho intramolecular Hbond substituents is 1. The van der Waals surface area contributed by atoms with Crippen molar-refractivity contribution in [2.45, 2.75) is 30.4 Å². The number of hydrogen-bond donors (Lipinski definition) is 2. The second kappa shape index (κ2) is 7.67. The van der Waals surface area contributed by atoms with E-state index in [0.29, 0.717) is 19.0 Å². The summed E-state index contributed by atoms with van der Waals surface area (Å²) in [6.07, 6.45) is 3.11. The summed E-state index contributed by atoms with van der Waals surface area (Å²) in [5, 5.41) is 11.9. The molecule has 1 aromatic carbocycles. The van der Waals surface area contributed by atoms with Gasteiger partial charge in [0.2, 0.25) is 0 Å². The summed E-state index contributed by atoms with van der Waals surface area (Å²) in [6, 6.07) is 7.41. The van der Waals surface area contributed by atoms with E-state index in [1.54, 1.807) is 16.3 Å². The number of rotatable bonds is 5. The SMILES string of the molecule is CCC1CCCN(C(=O)c2ccc(NS(=O)(=O)c3cccs3)cc2O)C1. The first-order valence-electron chi connectivity index (χ1n) is 8.59. The fourth-order valence-corrected chi connectivity index (χ4v) is 5.19. The van der Waals surface area contributed by atoms with Crippen LogP contribution < -0.4 is 4.72 Å². The summed E-state index contributed by atoms with van der Waals surface area (Å²) in [6.45, 7) is 3.49. The van der Waals surface area contributed by atoms with Gasteiger partial charge in [0, 0.05) is 19.2 Å². The zero-order chi connectivity index (χ0) is 18.7. The number of benzene rings is 1. The third kappa shape index (κ3) is 4.02. The lowest BCUT2D eigenvalue weighted by molar-refractivity contribution is 0.0668. The van der Waals surface area contributed by atoms with Gasteiger partial charge in [-0.1, -0.05) is 19.4 Å². The van der Waals surface area contributed by atoms with Crippen LogP contribution in [-0.4, -0.2) is 37.4 Å². The molecule has 1 fully saturated rings. The number of amides is 1. The van der Waals surface area contributed by atoms with Crippen LogP contribution in [0.25, 0.3) is 0 Å². The summed E-state index contributed by atoms with van der Waals surface area (Å²) >= 11 is 1.11. The number of phenols is 1. The van der Waals surface area contributed by atoms with E-state index in [2.05, 4.69) is 11.6 Å². The monoisotopic (exact) mass is 394 g/mol. The number of thiophene rings is 1. The molecule has 1 amide bonds. The predicted molar refractivity (Wildman–Crippen MR) is 102 cm³/mol. The van der Waals surface area contributed by atoms with Crippen LogP contribution >= 0.6 is 11.3 Å². The molecule has 0 bridgehead atoms. The molecule has 0 saturated carbocycles. The lowest BCUT2D eigenvalue weighted by Gasteiger charge is -2.32. The van der Waals surface area contributed by atoms with Gasteiger partial charge in [-0.15, -0.1) is 11.3 Å². The average Bonchev–Trinajstić information content (AvgIpc) is 3.17. The van der Waals surface area contributed by atoms with E-state index in [4.69, 9.17) is 0 Å². The van der Waals surface area contributed by atoms with Gasteiger partial charge in [-0.25, -0.2) is 8.42 Å². The topological polar surface area (TPSA) is 86.7 Å². The van der Waals surface area contributed by atoms with Crippen molar-refractivity contribution < 1.29 is 18.3 Å². The number of piperidine rings is 1. The Morgan fingerprint density at radius 1 is 1.38 bits per heavy atom. The van der Waals surface area contributed by atoms with E-state index in [1.165, 1.54) is 24.3 Å². The summed E-state index contributed by atoms with van der Waals surface area (Å²) in [7, 11) is -3.69. The number of sulfonamides is 1. The number of likely N-dealkylation sites (tertiary alicyclic amines) is 1. The van der Waals surface area contributed by atoms with Crippen LogP contribution in [0.15, 0.2) is 39.9 Å². The Labute approximate surface area is 157 Å². The highest BCUT2D eigenvalue weighted by Gasteiger charge is 2.25. The first-order valence-corrected chi connectivity index (χ1v) is 11.0. The number of hydrogen-bond acceptors (Lipinski definition) is 5. The Morgan fingerprint density at radius 3 is 2.85 bits per heavy atom. The largest absolute Gasteiger partial charge is 0.507 e. The molecule has 2 heterocycles. The Morgan fingerprint density at radius 2 is 2.19 bits per heavy atom. The van der Waals surface area contributed by atoms with Crippen LogP contribution in [0.2, 0.25) is 0 Å². The van der Waals surface area contributed by atoms with Crippen molar-refractivity contribution in [1.29, 1.82) is 0 Å². The van der Waals surface area contributed by atoms with Gasteiger partial charge < -0.3 is 10.0 Å². The molecule has 2 aromatic rings. The fraction of sp³-hybridized carbons (Fsp3) is 0.389. The number of nitrogens with zero attached hydrogens (tertiary/aromatic N) is 1. The fourth-order valence-electron chi connectivity index (χ4n) is 3.15. The second-order valence-electron chi connectivity index (χ2n) is 6.44. The van der Waals surface area contributed by atoms with Crippen molar-refractivity contribution in [3.05, 3.63) is 41.3 Å². The summed E-state index contributed by atoms with van der Waals surface area (Å²) in [5.41, 5.74) is 0.415. The molecule has 1 aliphatic rings. The van der Waals surface area contributed by atoms with Gasteiger partial charge in [0.15, 0.2) is 0 Å². The number of anilines is 1. The molecule has 26 heavy (non-hydrogen) atoms. The molecular formula is C18H22N2O4S2. The summed E-state index contributed by atoms with van der Waals surface area (Å²) in [5.74, 6) is 0.0556. The molecular weight excluding hydrogens is 372 g/mol. The summed E-state index contributed by atoms with van der Waals surface area (Å²) < 4.78 is 27.1. The van der Waals surface area contributed by atoms with E-state index >= 15 is 0 Å². The summed E-state index contributed by atoms with van der Waals surface area (Å²) in [4.78, 5) is 14.5. The quantitative estimate of drug-likeness (QED) is 0.812. The van der Waals surface area contributed by atoms with Gasteiger partial charge in [-0.05, 0) is 42.3 Å². The van der Waals surface area contributed by atoms with E-state index in [9.17, 15) is 18.3 Å². The first kappa shape index (κ1) is 18.7. The Balaban J connectivity index is 1.76. The molecule has 3 rings (SSSR count). The number of aromatic hydroxyl groups is 1. The van der Waals surface area contributed by atoms with Crippen molar-refractivity contribution in [2.75, 3.05) is 17.8 Å². The molecule has 1 aromatic heterocycles.